The average molecular weight is 605 g/mol. The standard InChI is InChI=1S/C29H19BrF2N4O4/c30-20-12-13-23(19-14-16-4-1-2-5-18(16)24(19)20)36(28(33)39)27(38)15-8-10-17(11-9-15)34-29(40)35-26(37)25-21(31)6-3-7-22(25)32/h1-13H,14H2,(H2,33,39)(H2,34,35,37,40). The molecule has 0 aliphatic heterocycles. The Kier molecular flexibility index (Phi) is 7.14. The Morgan fingerprint density at radius 2 is 1.52 bits per heavy atom. The van der Waals surface area contributed by atoms with Gasteiger partial charge in [0, 0.05) is 27.7 Å². The molecule has 4 aromatic rings. The summed E-state index contributed by atoms with van der Waals surface area (Å²) in [7, 11) is 0. The predicted octanol–water partition coefficient (Wildman–Crippen LogP) is 5.99. The SMILES string of the molecule is NC(=O)N(C(=O)c1ccc(NC(=O)NC(=O)c2c(F)cccc2F)cc1)c1ccc(Br)c2c1Cc1ccccc1-2. The number of hydrogen-bond donors (Lipinski definition) is 3. The Labute approximate surface area is 234 Å². The minimum Gasteiger partial charge on any atom is -0.351 e. The molecule has 4 N–H and O–H groups in total. The number of anilines is 2. The van der Waals surface area contributed by atoms with E-state index in [1.165, 1.54) is 24.3 Å². The second-order valence-electron chi connectivity index (χ2n) is 8.82. The molecule has 0 aromatic heterocycles. The van der Waals surface area contributed by atoms with Crippen molar-refractivity contribution in [2.75, 3.05) is 10.2 Å². The highest BCUT2D eigenvalue weighted by Gasteiger charge is 2.31. The lowest BCUT2D eigenvalue weighted by Gasteiger charge is -2.22. The number of nitrogens with zero attached hydrogens (tertiary/aromatic N) is 1. The van der Waals surface area contributed by atoms with Crippen LogP contribution in [-0.4, -0.2) is 23.9 Å². The second kappa shape index (κ2) is 10.7. The Balaban J connectivity index is 1.34. The van der Waals surface area contributed by atoms with E-state index >= 15 is 0 Å². The van der Waals surface area contributed by atoms with Crippen LogP contribution in [0.15, 0.2) is 83.3 Å². The van der Waals surface area contributed by atoms with Crippen LogP contribution in [0.4, 0.5) is 29.7 Å². The van der Waals surface area contributed by atoms with Crippen molar-refractivity contribution in [3.63, 3.8) is 0 Å². The third kappa shape index (κ3) is 4.94. The number of halogens is 3. The van der Waals surface area contributed by atoms with Gasteiger partial charge in [-0.2, -0.15) is 0 Å². The van der Waals surface area contributed by atoms with Gasteiger partial charge in [0.05, 0.1) is 5.69 Å². The first kappa shape index (κ1) is 26.7. The van der Waals surface area contributed by atoms with Gasteiger partial charge in [-0.25, -0.2) is 23.3 Å². The van der Waals surface area contributed by atoms with Gasteiger partial charge in [0.15, 0.2) is 0 Å². The first-order valence-electron chi connectivity index (χ1n) is 11.9. The lowest BCUT2D eigenvalue weighted by Crippen LogP contribution is -2.41. The number of fused-ring (bicyclic) bond motifs is 3. The van der Waals surface area contributed by atoms with Crippen molar-refractivity contribution in [2.45, 2.75) is 6.42 Å². The van der Waals surface area contributed by atoms with Gasteiger partial charge in [-0.15, -0.1) is 0 Å². The van der Waals surface area contributed by atoms with Crippen molar-refractivity contribution < 1.29 is 28.0 Å². The summed E-state index contributed by atoms with van der Waals surface area (Å²) < 4.78 is 28.4. The number of nitrogens with two attached hydrogens (primary N) is 1. The van der Waals surface area contributed by atoms with E-state index in [1.54, 1.807) is 12.1 Å². The molecular formula is C29H19BrF2N4O4. The van der Waals surface area contributed by atoms with Crippen LogP contribution in [0.25, 0.3) is 11.1 Å². The van der Waals surface area contributed by atoms with E-state index in [4.69, 9.17) is 5.73 Å². The van der Waals surface area contributed by atoms with E-state index < -0.39 is 41.1 Å². The maximum Gasteiger partial charge on any atom is 0.326 e. The van der Waals surface area contributed by atoms with Crippen LogP contribution >= 0.6 is 15.9 Å². The molecule has 0 bridgehead atoms. The van der Waals surface area contributed by atoms with E-state index in [0.717, 1.165) is 49.8 Å². The van der Waals surface area contributed by atoms with Gasteiger partial charge in [-0.1, -0.05) is 46.3 Å². The zero-order valence-corrected chi connectivity index (χ0v) is 22.1. The molecule has 200 valence electrons. The quantitative estimate of drug-likeness (QED) is 0.233. The Morgan fingerprint density at radius 3 is 2.20 bits per heavy atom. The van der Waals surface area contributed by atoms with E-state index in [9.17, 15) is 28.0 Å². The summed E-state index contributed by atoms with van der Waals surface area (Å²) in [6, 6.07) is 17.5. The summed E-state index contributed by atoms with van der Waals surface area (Å²) >= 11 is 3.56. The fourth-order valence-electron chi connectivity index (χ4n) is 4.59. The highest BCUT2D eigenvalue weighted by atomic mass is 79.9. The van der Waals surface area contributed by atoms with Crippen LogP contribution in [0.5, 0.6) is 0 Å². The molecule has 0 spiro atoms. The van der Waals surface area contributed by atoms with Crippen LogP contribution in [0.1, 0.15) is 31.8 Å². The second-order valence-corrected chi connectivity index (χ2v) is 9.67. The summed E-state index contributed by atoms with van der Waals surface area (Å²) in [5.41, 5.74) is 9.08. The van der Waals surface area contributed by atoms with Gasteiger partial charge >= 0.3 is 12.1 Å². The van der Waals surface area contributed by atoms with E-state index in [2.05, 4.69) is 21.2 Å². The van der Waals surface area contributed by atoms with Crippen molar-refractivity contribution in [3.8, 4) is 11.1 Å². The third-order valence-electron chi connectivity index (χ3n) is 6.36. The molecule has 5 rings (SSSR count). The zero-order valence-electron chi connectivity index (χ0n) is 20.5. The average Bonchev–Trinajstić information content (AvgIpc) is 3.31. The van der Waals surface area contributed by atoms with Gasteiger partial charge in [-0.05, 0) is 65.2 Å². The number of rotatable bonds is 4. The summed E-state index contributed by atoms with van der Waals surface area (Å²) in [5.74, 6) is -4.18. The Bertz CT molecular complexity index is 1690. The van der Waals surface area contributed by atoms with Gasteiger partial charge in [0.25, 0.3) is 11.8 Å². The topological polar surface area (TPSA) is 122 Å². The molecule has 6 amide bonds. The van der Waals surface area contributed by atoms with E-state index in [-0.39, 0.29) is 11.3 Å². The molecule has 0 heterocycles. The van der Waals surface area contributed by atoms with Gasteiger partial charge < -0.3 is 11.1 Å². The minimum absolute atomic E-state index is 0.0986. The number of benzene rings is 4. The molecule has 1 aliphatic rings. The maximum absolute atomic E-state index is 13.8. The van der Waals surface area contributed by atoms with Crippen LogP contribution in [-0.2, 0) is 6.42 Å². The zero-order chi connectivity index (χ0) is 28.6. The molecule has 11 heteroatoms. The molecular weight excluding hydrogens is 586 g/mol. The number of urea groups is 2. The number of amides is 6. The normalized spacial score (nSPS) is 11.3. The number of carbonyl (C=O) groups is 4. The molecule has 0 saturated carbocycles. The molecule has 4 aromatic carbocycles. The highest BCUT2D eigenvalue weighted by Crippen LogP contribution is 2.45. The van der Waals surface area contributed by atoms with Crippen molar-refractivity contribution in [1.29, 1.82) is 0 Å². The molecule has 8 nitrogen and oxygen atoms in total. The van der Waals surface area contributed by atoms with Crippen molar-refractivity contribution in [1.82, 2.24) is 5.32 Å². The summed E-state index contributed by atoms with van der Waals surface area (Å²) in [6.07, 6.45) is 0.505. The number of primary amides is 1. The third-order valence-corrected chi connectivity index (χ3v) is 7.02. The molecule has 0 unspecified atom stereocenters. The molecule has 0 fully saturated rings. The highest BCUT2D eigenvalue weighted by molar-refractivity contribution is 9.10. The van der Waals surface area contributed by atoms with Crippen molar-refractivity contribution in [2.24, 2.45) is 5.73 Å². The van der Waals surface area contributed by atoms with Crippen molar-refractivity contribution >= 4 is 51.2 Å². The van der Waals surface area contributed by atoms with Gasteiger partial charge in [0.1, 0.15) is 17.2 Å². The molecule has 0 radical (unpaired) electrons. The van der Waals surface area contributed by atoms with Crippen LogP contribution < -0.4 is 21.3 Å². The number of nitrogens with one attached hydrogen (secondary N) is 2. The fraction of sp³-hybridized carbons (Fsp3) is 0.0345. The molecule has 0 atom stereocenters. The van der Waals surface area contributed by atoms with Crippen LogP contribution in [0, 0.1) is 11.6 Å². The van der Waals surface area contributed by atoms with Crippen molar-refractivity contribution in [3.05, 3.63) is 117 Å². The Morgan fingerprint density at radius 1 is 0.850 bits per heavy atom. The van der Waals surface area contributed by atoms with Gasteiger partial charge in [0.2, 0.25) is 0 Å². The summed E-state index contributed by atoms with van der Waals surface area (Å²) in [6.45, 7) is 0. The monoisotopic (exact) mass is 604 g/mol. The molecule has 1 aliphatic carbocycles. The Hall–Kier alpha value is -4.90. The lowest BCUT2D eigenvalue weighted by molar-refractivity contribution is 0.0956. The minimum atomic E-state index is -1.26. The van der Waals surface area contributed by atoms with Crippen LogP contribution in [0.3, 0.4) is 0 Å². The van der Waals surface area contributed by atoms with Gasteiger partial charge in [-0.3, -0.25) is 14.9 Å². The number of hydrogen-bond acceptors (Lipinski definition) is 4. The van der Waals surface area contributed by atoms with Crippen LogP contribution in [0.2, 0.25) is 0 Å². The summed E-state index contributed by atoms with van der Waals surface area (Å²) in [5, 5.41) is 4.19. The van der Waals surface area contributed by atoms with E-state index in [0.29, 0.717) is 12.1 Å². The van der Waals surface area contributed by atoms with E-state index in [1.807, 2.05) is 29.6 Å². The predicted molar refractivity (Wildman–Crippen MR) is 148 cm³/mol. The fourth-order valence-corrected chi connectivity index (χ4v) is 5.18. The lowest BCUT2D eigenvalue weighted by atomic mass is 10.0. The first-order valence-corrected chi connectivity index (χ1v) is 12.6. The number of carbonyl (C=O) groups excluding carboxylic acids is 4. The number of imide groups is 2. The molecule has 40 heavy (non-hydrogen) atoms. The molecule has 0 saturated heterocycles. The largest absolute Gasteiger partial charge is 0.351 e. The first-order chi connectivity index (χ1) is 19.2. The maximum atomic E-state index is 13.8. The summed E-state index contributed by atoms with van der Waals surface area (Å²) in [4.78, 5) is 51.2. The smallest absolute Gasteiger partial charge is 0.326 e.